The first-order valence-electron chi connectivity index (χ1n) is 14.7. The van der Waals surface area contributed by atoms with Crippen LogP contribution in [0.2, 0.25) is 10.0 Å². The highest BCUT2D eigenvalue weighted by Crippen LogP contribution is 2.30. The van der Waals surface area contributed by atoms with Crippen LogP contribution in [0.1, 0.15) is 52.6 Å². The summed E-state index contributed by atoms with van der Waals surface area (Å²) in [4.78, 5) is 16.4. The van der Waals surface area contributed by atoms with E-state index in [1.807, 2.05) is 41.1 Å². The van der Waals surface area contributed by atoms with E-state index in [0.29, 0.717) is 40.8 Å². The van der Waals surface area contributed by atoms with E-state index in [0.717, 1.165) is 47.3 Å². The third-order valence-corrected chi connectivity index (χ3v) is 9.46. The van der Waals surface area contributed by atoms with Crippen molar-refractivity contribution in [2.75, 3.05) is 4.72 Å². The maximum absolute atomic E-state index is 13.0. The molecule has 45 heavy (non-hydrogen) atoms. The molecule has 0 aliphatic rings. The number of carbonyl (C=O) groups is 1. The second-order valence-electron chi connectivity index (χ2n) is 10.8. The Bertz CT molecular complexity index is 1890. The predicted octanol–water partition coefficient (Wildman–Crippen LogP) is 8.53. The normalized spacial score (nSPS) is 11.4. The van der Waals surface area contributed by atoms with E-state index < -0.39 is 16.0 Å². The average Bonchev–Trinajstić information content (AvgIpc) is 3.41. The van der Waals surface area contributed by atoms with Crippen molar-refractivity contribution in [2.45, 2.75) is 50.5 Å². The van der Waals surface area contributed by atoms with E-state index in [9.17, 15) is 18.3 Å². The van der Waals surface area contributed by atoms with Gasteiger partial charge in [-0.25, -0.2) is 18.2 Å². The molecule has 0 unspecified atom stereocenters. The molecule has 1 aromatic heterocycles. The lowest BCUT2D eigenvalue weighted by molar-refractivity contribution is 0.0697. The maximum Gasteiger partial charge on any atom is 0.335 e. The van der Waals surface area contributed by atoms with Crippen LogP contribution in [0.15, 0.2) is 102 Å². The number of sulfonamides is 1. The Labute approximate surface area is 273 Å². The van der Waals surface area contributed by atoms with Crippen molar-refractivity contribution < 1.29 is 18.3 Å². The van der Waals surface area contributed by atoms with Gasteiger partial charge >= 0.3 is 5.97 Å². The molecule has 0 fully saturated rings. The number of benzene rings is 4. The highest BCUT2D eigenvalue weighted by molar-refractivity contribution is 7.92. The number of hydrogen-bond donors (Lipinski definition) is 2. The number of aromatic carboxylic acids is 1. The molecular weight excluding hydrogens is 629 g/mol. The number of unbranched alkanes of at least 4 members (excludes halogenated alkanes) is 1. The van der Waals surface area contributed by atoms with E-state index >= 15 is 0 Å². The van der Waals surface area contributed by atoms with Crippen molar-refractivity contribution in [3.05, 3.63) is 135 Å². The smallest absolute Gasteiger partial charge is 0.335 e. The Morgan fingerprint density at radius 1 is 0.844 bits per heavy atom. The quantitative estimate of drug-likeness (QED) is 0.132. The zero-order valence-corrected chi connectivity index (χ0v) is 27.0. The van der Waals surface area contributed by atoms with E-state index in [1.165, 1.54) is 0 Å². The number of nitrogens with one attached hydrogen (secondary N) is 1. The number of carboxylic acids is 1. The third kappa shape index (κ3) is 8.34. The summed E-state index contributed by atoms with van der Waals surface area (Å²) in [5.41, 5.74) is 5.25. The Morgan fingerprint density at radius 2 is 1.49 bits per heavy atom. The van der Waals surface area contributed by atoms with E-state index in [2.05, 4.69) is 11.6 Å². The number of aromatic nitrogens is 2. The van der Waals surface area contributed by atoms with Gasteiger partial charge in [-0.15, -0.1) is 0 Å². The third-order valence-electron chi connectivity index (χ3n) is 7.52. The van der Waals surface area contributed by atoms with Crippen LogP contribution in [0.4, 0.5) is 5.69 Å². The number of nitrogens with zero attached hydrogens (tertiary/aromatic N) is 2. The first kappa shape index (κ1) is 32.3. The molecule has 5 rings (SSSR count). The maximum atomic E-state index is 13.0. The minimum Gasteiger partial charge on any atom is -0.478 e. The lowest BCUT2D eigenvalue weighted by Gasteiger charge is -2.10. The Balaban J connectivity index is 1.30. The van der Waals surface area contributed by atoms with Crippen LogP contribution in [0.5, 0.6) is 0 Å². The van der Waals surface area contributed by atoms with Crippen molar-refractivity contribution in [1.82, 2.24) is 9.55 Å². The summed E-state index contributed by atoms with van der Waals surface area (Å²) in [6.07, 6.45) is 6.29. The summed E-state index contributed by atoms with van der Waals surface area (Å²) in [6.45, 7) is 2.62. The summed E-state index contributed by atoms with van der Waals surface area (Å²) in [7, 11) is -3.71. The van der Waals surface area contributed by atoms with Gasteiger partial charge in [-0.2, -0.15) is 0 Å². The topological polar surface area (TPSA) is 101 Å². The first-order valence-corrected chi connectivity index (χ1v) is 16.9. The van der Waals surface area contributed by atoms with Gasteiger partial charge in [-0.1, -0.05) is 72.9 Å². The number of carboxylic acid groups (broad SMARTS) is 1. The van der Waals surface area contributed by atoms with Crippen LogP contribution in [0.3, 0.4) is 0 Å². The molecule has 0 atom stereocenters. The highest BCUT2D eigenvalue weighted by Gasteiger charge is 2.16. The molecule has 7 nitrogen and oxygen atoms in total. The lowest BCUT2D eigenvalue weighted by Crippen LogP contribution is -2.13. The highest BCUT2D eigenvalue weighted by atomic mass is 35.5. The van der Waals surface area contributed by atoms with Crippen LogP contribution in [0.25, 0.3) is 11.3 Å². The predicted molar refractivity (Wildman–Crippen MR) is 180 cm³/mol. The Kier molecular flexibility index (Phi) is 10.3. The average molecular weight is 663 g/mol. The second-order valence-corrected chi connectivity index (χ2v) is 13.4. The molecule has 1 heterocycles. The lowest BCUT2D eigenvalue weighted by atomic mass is 10.1. The molecule has 0 aliphatic carbocycles. The van der Waals surface area contributed by atoms with Crippen molar-refractivity contribution in [3.63, 3.8) is 0 Å². The molecule has 0 bridgehead atoms. The molecule has 0 aliphatic heterocycles. The summed E-state index contributed by atoms with van der Waals surface area (Å²) in [5, 5.41) is 10.3. The molecule has 0 amide bonds. The molecule has 10 heteroatoms. The molecule has 2 N–H and O–H groups in total. The molecular formula is C35H33Cl2N3O4S. The van der Waals surface area contributed by atoms with E-state index in [4.69, 9.17) is 28.2 Å². The van der Waals surface area contributed by atoms with Gasteiger partial charge in [-0.3, -0.25) is 4.72 Å². The van der Waals surface area contributed by atoms with Crippen molar-refractivity contribution in [2.24, 2.45) is 0 Å². The van der Waals surface area contributed by atoms with Crippen LogP contribution in [-0.4, -0.2) is 29.0 Å². The van der Waals surface area contributed by atoms with Crippen LogP contribution < -0.4 is 4.72 Å². The molecule has 5 aromatic rings. The number of halogens is 2. The molecule has 0 radical (unpaired) electrons. The van der Waals surface area contributed by atoms with Crippen LogP contribution in [0, 0.1) is 0 Å². The van der Waals surface area contributed by atoms with Gasteiger partial charge < -0.3 is 9.67 Å². The monoisotopic (exact) mass is 661 g/mol. The summed E-state index contributed by atoms with van der Waals surface area (Å²) >= 11 is 12.6. The number of rotatable bonds is 13. The SMILES string of the molecule is CCCCc1ccc(S(=O)(=O)Nc2ccc(CCc3nc(-c4ccc(Cl)cc4Cl)cn3Cc3ccc(C(=O)O)cc3)cc2)cc1. The molecule has 4 aromatic carbocycles. The van der Waals surface area contributed by atoms with Gasteiger partial charge in [0.2, 0.25) is 0 Å². The van der Waals surface area contributed by atoms with Gasteiger partial charge in [0.25, 0.3) is 10.0 Å². The molecule has 232 valence electrons. The summed E-state index contributed by atoms with van der Waals surface area (Å²) in [6, 6.07) is 26.4. The first-order chi connectivity index (χ1) is 21.6. The molecule has 0 saturated heterocycles. The number of hydrogen-bond acceptors (Lipinski definition) is 4. The van der Waals surface area contributed by atoms with Gasteiger partial charge in [0, 0.05) is 35.4 Å². The van der Waals surface area contributed by atoms with Crippen molar-refractivity contribution >= 4 is 44.9 Å². The number of imidazole rings is 1. The van der Waals surface area contributed by atoms with Crippen molar-refractivity contribution in [1.29, 1.82) is 0 Å². The Morgan fingerprint density at radius 3 is 2.13 bits per heavy atom. The van der Waals surface area contributed by atoms with Crippen LogP contribution >= 0.6 is 23.2 Å². The van der Waals surface area contributed by atoms with Crippen LogP contribution in [-0.2, 0) is 35.8 Å². The van der Waals surface area contributed by atoms with Crippen molar-refractivity contribution in [3.8, 4) is 11.3 Å². The summed E-state index contributed by atoms with van der Waals surface area (Å²) in [5.74, 6) is -0.148. The number of aryl methyl sites for hydroxylation is 3. The zero-order valence-electron chi connectivity index (χ0n) is 24.7. The van der Waals surface area contributed by atoms with E-state index in [-0.39, 0.29) is 10.5 Å². The van der Waals surface area contributed by atoms with Gasteiger partial charge in [-0.05, 0) is 90.6 Å². The standard InChI is InChI=1S/C35H33Cl2N3O4S/c1-2-3-4-24-9-17-30(18-10-24)45(43,44)39-29-15-7-25(8-16-29)11-20-34-38-33(31-19-14-28(36)21-32(31)37)23-40(34)22-26-5-12-27(13-6-26)35(41)42/h5-10,12-19,21,23,39H,2-4,11,20,22H2,1H3,(H,41,42). The fourth-order valence-electron chi connectivity index (χ4n) is 4.99. The zero-order chi connectivity index (χ0) is 32.0. The minimum absolute atomic E-state index is 0.226. The molecule has 0 spiro atoms. The summed E-state index contributed by atoms with van der Waals surface area (Å²) < 4.78 is 30.6. The fourth-order valence-corrected chi connectivity index (χ4v) is 6.56. The minimum atomic E-state index is -3.71. The largest absolute Gasteiger partial charge is 0.478 e. The van der Waals surface area contributed by atoms with Gasteiger partial charge in [0.1, 0.15) is 5.82 Å². The van der Waals surface area contributed by atoms with Gasteiger partial charge in [0.15, 0.2) is 0 Å². The molecule has 0 saturated carbocycles. The van der Waals surface area contributed by atoms with E-state index in [1.54, 1.807) is 60.7 Å². The second kappa shape index (κ2) is 14.3. The Hall–Kier alpha value is -4.11. The van der Waals surface area contributed by atoms with Gasteiger partial charge in [0.05, 0.1) is 21.2 Å². The fraction of sp³-hybridized carbons (Fsp3) is 0.200. The number of anilines is 1.